The molecule has 4 nitrogen and oxygen atoms in total. The topological polar surface area (TPSA) is 32.8 Å². The molecule has 2 aromatic rings. The Labute approximate surface area is 192 Å². The quantitative estimate of drug-likeness (QED) is 0.590. The molecule has 3 fully saturated rings. The maximum Gasteiger partial charge on any atom is 0.308 e. The third-order valence-electron chi connectivity index (χ3n) is 7.87. The van der Waals surface area contributed by atoms with Crippen molar-refractivity contribution in [1.29, 1.82) is 0 Å². The standard InChI is InChI=1S/C28H36N2O2/c1-19-14-23(24-16-30(17-24)27-7-5-4-6-25(27)21-8-9-21)15-20(2)26(19)18-29-12-10-22(11-13-29)28(31)32-3/h4-7,14-15,21-22,24H,8-13,16-18H2,1-3H3. The minimum absolute atomic E-state index is 0.0457. The Morgan fingerprint density at radius 1 is 0.969 bits per heavy atom. The van der Waals surface area contributed by atoms with Gasteiger partial charge in [0.1, 0.15) is 0 Å². The molecule has 0 amide bonds. The molecule has 2 saturated heterocycles. The number of esters is 1. The first-order chi connectivity index (χ1) is 15.5. The fourth-order valence-electron chi connectivity index (χ4n) is 5.63. The van der Waals surface area contributed by atoms with Crippen LogP contribution in [0.3, 0.4) is 0 Å². The summed E-state index contributed by atoms with van der Waals surface area (Å²) in [5.41, 5.74) is 8.80. The predicted molar refractivity (Wildman–Crippen MR) is 129 cm³/mol. The summed E-state index contributed by atoms with van der Waals surface area (Å²) in [4.78, 5) is 16.9. The van der Waals surface area contributed by atoms with Crippen molar-refractivity contribution in [1.82, 2.24) is 4.90 Å². The molecule has 0 aromatic heterocycles. The number of methoxy groups -OCH3 is 1. The van der Waals surface area contributed by atoms with E-state index < -0.39 is 0 Å². The molecule has 0 N–H and O–H groups in total. The Morgan fingerprint density at radius 2 is 1.62 bits per heavy atom. The second kappa shape index (κ2) is 8.90. The molecule has 1 saturated carbocycles. The molecule has 0 atom stereocenters. The minimum Gasteiger partial charge on any atom is -0.469 e. The molecule has 2 aliphatic heterocycles. The van der Waals surface area contributed by atoms with Gasteiger partial charge in [0.2, 0.25) is 0 Å². The summed E-state index contributed by atoms with van der Waals surface area (Å²) < 4.78 is 4.93. The highest BCUT2D eigenvalue weighted by Crippen LogP contribution is 2.46. The SMILES string of the molecule is COC(=O)C1CCN(Cc2c(C)cc(C3CN(c4ccccc4C4CC4)C3)cc2C)CC1. The highest BCUT2D eigenvalue weighted by Gasteiger charge is 2.33. The van der Waals surface area contributed by atoms with E-state index in [-0.39, 0.29) is 11.9 Å². The lowest BCUT2D eigenvalue weighted by Crippen LogP contribution is -2.45. The van der Waals surface area contributed by atoms with Gasteiger partial charge in [-0.1, -0.05) is 30.3 Å². The number of ether oxygens (including phenoxy) is 1. The second-order valence-electron chi connectivity index (χ2n) is 10.1. The van der Waals surface area contributed by atoms with Crippen LogP contribution >= 0.6 is 0 Å². The third-order valence-corrected chi connectivity index (χ3v) is 7.87. The highest BCUT2D eigenvalue weighted by atomic mass is 16.5. The number of para-hydroxylation sites is 1. The van der Waals surface area contributed by atoms with E-state index in [1.54, 1.807) is 5.56 Å². The van der Waals surface area contributed by atoms with Crippen LogP contribution in [0.5, 0.6) is 0 Å². The van der Waals surface area contributed by atoms with Crippen LogP contribution in [-0.2, 0) is 16.1 Å². The fourth-order valence-corrected chi connectivity index (χ4v) is 5.63. The van der Waals surface area contributed by atoms with E-state index in [1.807, 2.05) is 0 Å². The summed E-state index contributed by atoms with van der Waals surface area (Å²) in [7, 11) is 1.50. The number of likely N-dealkylation sites (tertiary alicyclic amines) is 1. The van der Waals surface area contributed by atoms with Crippen LogP contribution in [0.4, 0.5) is 5.69 Å². The number of hydrogen-bond donors (Lipinski definition) is 0. The monoisotopic (exact) mass is 432 g/mol. The van der Waals surface area contributed by atoms with E-state index in [1.165, 1.54) is 47.9 Å². The zero-order chi connectivity index (χ0) is 22.2. The number of hydrogen-bond acceptors (Lipinski definition) is 4. The molecule has 0 unspecified atom stereocenters. The van der Waals surface area contributed by atoms with Gasteiger partial charge in [-0.3, -0.25) is 9.69 Å². The zero-order valence-electron chi connectivity index (χ0n) is 19.8. The summed E-state index contributed by atoms with van der Waals surface area (Å²) in [6.45, 7) is 9.72. The van der Waals surface area contributed by atoms with E-state index >= 15 is 0 Å². The fraction of sp³-hybridized carbons (Fsp3) is 0.536. The number of carbonyl (C=O) groups is 1. The van der Waals surface area contributed by atoms with Crippen molar-refractivity contribution in [2.75, 3.05) is 38.2 Å². The van der Waals surface area contributed by atoms with Crippen molar-refractivity contribution >= 4 is 11.7 Å². The van der Waals surface area contributed by atoms with Gasteiger partial charge in [-0.05, 0) is 92.4 Å². The average Bonchev–Trinajstić information content (AvgIpc) is 3.61. The van der Waals surface area contributed by atoms with Crippen molar-refractivity contribution < 1.29 is 9.53 Å². The van der Waals surface area contributed by atoms with Gasteiger partial charge >= 0.3 is 5.97 Å². The molecule has 170 valence electrons. The predicted octanol–water partition coefficient (Wildman–Crippen LogP) is 5.17. The van der Waals surface area contributed by atoms with Crippen LogP contribution in [0.2, 0.25) is 0 Å². The third kappa shape index (κ3) is 4.30. The highest BCUT2D eigenvalue weighted by molar-refractivity contribution is 5.72. The summed E-state index contributed by atoms with van der Waals surface area (Å²) in [5, 5.41) is 0. The van der Waals surface area contributed by atoms with E-state index in [9.17, 15) is 4.79 Å². The van der Waals surface area contributed by atoms with E-state index in [0.29, 0.717) is 5.92 Å². The van der Waals surface area contributed by atoms with Gasteiger partial charge in [0.05, 0.1) is 13.0 Å². The first-order valence-electron chi connectivity index (χ1n) is 12.3. The van der Waals surface area contributed by atoms with Gasteiger partial charge in [-0.15, -0.1) is 0 Å². The number of anilines is 1. The normalized spacial score (nSPS) is 20.3. The molecule has 0 bridgehead atoms. The number of rotatable bonds is 6. The molecular formula is C28H36N2O2. The molecule has 0 spiro atoms. The van der Waals surface area contributed by atoms with Crippen LogP contribution in [0.25, 0.3) is 0 Å². The first-order valence-corrected chi connectivity index (χ1v) is 12.3. The number of piperidine rings is 1. The Morgan fingerprint density at radius 3 is 2.25 bits per heavy atom. The molecule has 3 aliphatic rings. The minimum atomic E-state index is -0.0457. The van der Waals surface area contributed by atoms with Gasteiger partial charge in [0.25, 0.3) is 0 Å². The van der Waals surface area contributed by atoms with Crippen LogP contribution in [0.1, 0.15) is 65.3 Å². The van der Waals surface area contributed by atoms with Crippen molar-refractivity contribution in [3.8, 4) is 0 Å². The van der Waals surface area contributed by atoms with E-state index in [4.69, 9.17) is 4.74 Å². The van der Waals surface area contributed by atoms with Crippen molar-refractivity contribution in [3.63, 3.8) is 0 Å². The zero-order valence-corrected chi connectivity index (χ0v) is 19.8. The lowest BCUT2D eigenvalue weighted by atomic mass is 9.86. The maximum atomic E-state index is 11.8. The van der Waals surface area contributed by atoms with Crippen molar-refractivity contribution in [3.05, 3.63) is 64.2 Å². The van der Waals surface area contributed by atoms with E-state index in [0.717, 1.165) is 51.5 Å². The Hall–Kier alpha value is -2.33. The molecule has 32 heavy (non-hydrogen) atoms. The smallest absolute Gasteiger partial charge is 0.308 e. The maximum absolute atomic E-state index is 11.8. The number of carbonyl (C=O) groups excluding carboxylic acids is 1. The molecule has 2 heterocycles. The lowest BCUT2D eigenvalue weighted by molar-refractivity contribution is -0.147. The van der Waals surface area contributed by atoms with Crippen LogP contribution in [0, 0.1) is 19.8 Å². The van der Waals surface area contributed by atoms with Crippen molar-refractivity contribution in [2.45, 2.75) is 57.9 Å². The lowest BCUT2D eigenvalue weighted by Gasteiger charge is -2.43. The Balaban J connectivity index is 1.21. The largest absolute Gasteiger partial charge is 0.469 e. The van der Waals surface area contributed by atoms with Gasteiger partial charge < -0.3 is 9.64 Å². The van der Waals surface area contributed by atoms with E-state index in [2.05, 4.69) is 60.0 Å². The summed E-state index contributed by atoms with van der Waals surface area (Å²) >= 11 is 0. The summed E-state index contributed by atoms with van der Waals surface area (Å²) in [6.07, 6.45) is 4.52. The van der Waals surface area contributed by atoms with Crippen LogP contribution < -0.4 is 4.90 Å². The summed E-state index contributed by atoms with van der Waals surface area (Å²) in [5.74, 6) is 1.46. The number of aryl methyl sites for hydroxylation is 2. The molecule has 2 aromatic carbocycles. The van der Waals surface area contributed by atoms with Gasteiger partial charge in [-0.2, -0.15) is 0 Å². The van der Waals surface area contributed by atoms with Crippen LogP contribution in [-0.4, -0.2) is 44.2 Å². The van der Waals surface area contributed by atoms with Gasteiger partial charge in [0.15, 0.2) is 0 Å². The number of nitrogens with zero attached hydrogens (tertiary/aromatic N) is 2. The first kappa shape index (κ1) is 21.5. The van der Waals surface area contributed by atoms with Gasteiger partial charge in [0, 0.05) is 31.2 Å². The Bertz CT molecular complexity index is 960. The molecule has 4 heteroatoms. The average molecular weight is 433 g/mol. The van der Waals surface area contributed by atoms with Crippen molar-refractivity contribution in [2.24, 2.45) is 5.92 Å². The summed E-state index contributed by atoms with van der Waals surface area (Å²) in [6, 6.07) is 13.9. The molecule has 5 rings (SSSR count). The Kier molecular flexibility index (Phi) is 5.98. The van der Waals surface area contributed by atoms with Crippen LogP contribution in [0.15, 0.2) is 36.4 Å². The molecular weight excluding hydrogens is 396 g/mol. The number of benzene rings is 2. The second-order valence-corrected chi connectivity index (χ2v) is 10.1. The molecule has 0 radical (unpaired) electrons. The molecule has 1 aliphatic carbocycles. The van der Waals surface area contributed by atoms with Gasteiger partial charge in [-0.25, -0.2) is 0 Å².